The number of nitrogens with one attached hydrogen (secondary N) is 1. The van der Waals surface area contributed by atoms with Crippen molar-refractivity contribution in [1.29, 1.82) is 0 Å². The van der Waals surface area contributed by atoms with Crippen molar-refractivity contribution in [1.82, 2.24) is 9.55 Å². The van der Waals surface area contributed by atoms with Crippen molar-refractivity contribution in [2.75, 3.05) is 6.61 Å². The molecule has 1 saturated heterocycles. The third kappa shape index (κ3) is 6.62. The lowest BCUT2D eigenvalue weighted by Gasteiger charge is -2.25. The van der Waals surface area contributed by atoms with Crippen LogP contribution in [0.4, 0.5) is 0 Å². The molecule has 1 aromatic heterocycles. The highest BCUT2D eigenvalue weighted by Gasteiger charge is 2.51. The lowest BCUT2D eigenvalue weighted by Crippen LogP contribution is -2.43. The number of nitrogens with zero attached hydrogens (tertiary/aromatic N) is 1. The molecule has 0 bridgehead atoms. The molecule has 4 aromatic rings. The smallest absolute Gasteiger partial charge is 0.338 e. The van der Waals surface area contributed by atoms with Crippen LogP contribution in [0, 0.1) is 0 Å². The number of esters is 3. The standard InChI is InChI=1S/C32H28N2O9/c1-2-20-18-34(32(39)33-27(20)35)28-26(43-31(38)23-16-10-5-11-17-23)25(42-30(37)22-14-8-4-9-15-22)24(41-28)19-40-29(36)21-12-6-3-7-13-21/h3-18,24-26,28H,2,19H2,1H3,(H,33,35,39)/t24-,25?,26+,28-/m1/s1. The van der Waals surface area contributed by atoms with E-state index in [1.165, 1.54) is 6.20 Å². The highest BCUT2D eigenvalue weighted by atomic mass is 16.7. The first-order chi connectivity index (χ1) is 20.9. The molecule has 0 saturated carbocycles. The third-order valence-electron chi connectivity index (χ3n) is 6.88. The Morgan fingerprint density at radius 2 is 1.23 bits per heavy atom. The predicted octanol–water partition coefficient (Wildman–Crippen LogP) is 3.30. The number of aryl methyl sites for hydroxylation is 1. The Morgan fingerprint density at radius 3 is 1.74 bits per heavy atom. The minimum Gasteiger partial charge on any atom is -0.459 e. The average molecular weight is 585 g/mol. The number of benzene rings is 3. The first-order valence-electron chi connectivity index (χ1n) is 13.6. The molecule has 1 fully saturated rings. The van der Waals surface area contributed by atoms with Crippen molar-refractivity contribution in [2.24, 2.45) is 0 Å². The second kappa shape index (κ2) is 13.1. The van der Waals surface area contributed by atoms with Gasteiger partial charge in [-0.15, -0.1) is 0 Å². The number of carbonyl (C=O) groups is 3. The third-order valence-corrected chi connectivity index (χ3v) is 6.88. The van der Waals surface area contributed by atoms with E-state index in [2.05, 4.69) is 4.98 Å². The number of ether oxygens (including phenoxy) is 4. The Labute approximate surface area is 245 Å². The van der Waals surface area contributed by atoms with Crippen molar-refractivity contribution in [3.05, 3.63) is 140 Å². The van der Waals surface area contributed by atoms with E-state index < -0.39 is 60.3 Å². The van der Waals surface area contributed by atoms with Gasteiger partial charge in [0.1, 0.15) is 12.7 Å². The van der Waals surface area contributed by atoms with E-state index in [4.69, 9.17) is 18.9 Å². The van der Waals surface area contributed by atoms with Crippen LogP contribution in [-0.4, -0.2) is 52.4 Å². The molecule has 0 aliphatic carbocycles. The molecule has 0 spiro atoms. The van der Waals surface area contributed by atoms with Crippen molar-refractivity contribution in [2.45, 2.75) is 37.9 Å². The summed E-state index contributed by atoms with van der Waals surface area (Å²) in [4.78, 5) is 66.8. The summed E-state index contributed by atoms with van der Waals surface area (Å²) in [5.41, 5.74) is -0.424. The molecule has 3 aromatic carbocycles. The number of hydrogen-bond acceptors (Lipinski definition) is 9. The maximum absolute atomic E-state index is 13.2. The van der Waals surface area contributed by atoms with Crippen molar-refractivity contribution < 1.29 is 33.3 Å². The first kappa shape index (κ1) is 29.2. The fourth-order valence-corrected chi connectivity index (χ4v) is 4.65. The molecule has 4 atom stereocenters. The zero-order valence-electron chi connectivity index (χ0n) is 23.1. The number of carbonyl (C=O) groups excluding carboxylic acids is 3. The highest BCUT2D eigenvalue weighted by molar-refractivity contribution is 5.91. The van der Waals surface area contributed by atoms with Gasteiger partial charge in [-0.25, -0.2) is 19.2 Å². The van der Waals surface area contributed by atoms with Crippen LogP contribution in [0.5, 0.6) is 0 Å². The van der Waals surface area contributed by atoms with Gasteiger partial charge in [0.05, 0.1) is 16.7 Å². The van der Waals surface area contributed by atoms with E-state index in [0.29, 0.717) is 6.42 Å². The maximum atomic E-state index is 13.2. The molecule has 1 aliphatic rings. The Hall–Kier alpha value is -5.29. The van der Waals surface area contributed by atoms with Gasteiger partial charge in [0.15, 0.2) is 18.4 Å². The molecular formula is C32H28N2O9. The van der Waals surface area contributed by atoms with E-state index >= 15 is 0 Å². The van der Waals surface area contributed by atoms with Crippen LogP contribution in [0.3, 0.4) is 0 Å². The molecule has 1 aliphatic heterocycles. The molecule has 2 heterocycles. The number of aromatic amines is 1. The highest BCUT2D eigenvalue weighted by Crippen LogP contribution is 2.35. The second-order valence-corrected chi connectivity index (χ2v) is 9.68. The fourth-order valence-electron chi connectivity index (χ4n) is 4.65. The quantitative estimate of drug-likeness (QED) is 0.232. The molecule has 1 unspecified atom stereocenters. The van der Waals surface area contributed by atoms with Gasteiger partial charge in [0.2, 0.25) is 0 Å². The molecule has 5 rings (SSSR count). The average Bonchev–Trinajstić information content (AvgIpc) is 3.36. The second-order valence-electron chi connectivity index (χ2n) is 9.68. The molecule has 0 amide bonds. The summed E-state index contributed by atoms with van der Waals surface area (Å²) >= 11 is 0. The number of aromatic nitrogens is 2. The van der Waals surface area contributed by atoms with E-state index in [1.807, 2.05) is 0 Å². The van der Waals surface area contributed by atoms with Crippen molar-refractivity contribution in [3.63, 3.8) is 0 Å². The molecule has 1 N–H and O–H groups in total. The minimum atomic E-state index is -1.38. The van der Waals surface area contributed by atoms with Gasteiger partial charge in [-0.1, -0.05) is 61.5 Å². The van der Waals surface area contributed by atoms with Crippen LogP contribution >= 0.6 is 0 Å². The monoisotopic (exact) mass is 584 g/mol. The van der Waals surface area contributed by atoms with Crippen LogP contribution in [0.2, 0.25) is 0 Å². The first-order valence-corrected chi connectivity index (χ1v) is 13.6. The Bertz CT molecular complexity index is 1700. The largest absolute Gasteiger partial charge is 0.459 e. The molecule has 11 nitrogen and oxygen atoms in total. The van der Waals surface area contributed by atoms with Crippen molar-refractivity contribution in [3.8, 4) is 0 Å². The predicted molar refractivity (Wildman–Crippen MR) is 153 cm³/mol. The SMILES string of the molecule is CCc1cn([C@@H]2O[C@H](COC(=O)c3ccccc3)C(OC(=O)c3ccccc3)[C@@H]2OC(=O)c2ccccc2)c(=O)[nH]c1=O. The summed E-state index contributed by atoms with van der Waals surface area (Å²) in [5.74, 6) is -2.18. The minimum absolute atomic E-state index is 0.205. The summed E-state index contributed by atoms with van der Waals surface area (Å²) in [5, 5.41) is 0. The summed E-state index contributed by atoms with van der Waals surface area (Å²) < 4.78 is 24.5. The topological polar surface area (TPSA) is 143 Å². The zero-order valence-corrected chi connectivity index (χ0v) is 23.1. The molecule has 220 valence electrons. The maximum Gasteiger partial charge on any atom is 0.338 e. The van der Waals surface area contributed by atoms with Crippen LogP contribution in [-0.2, 0) is 25.4 Å². The lowest BCUT2D eigenvalue weighted by atomic mass is 10.1. The van der Waals surface area contributed by atoms with Gasteiger partial charge >= 0.3 is 23.6 Å². The summed E-state index contributed by atoms with van der Waals surface area (Å²) in [6.45, 7) is 1.33. The molecular weight excluding hydrogens is 556 g/mol. The van der Waals surface area contributed by atoms with Gasteiger partial charge in [-0.05, 0) is 42.8 Å². The van der Waals surface area contributed by atoms with Gasteiger partial charge in [0, 0.05) is 11.8 Å². The van der Waals surface area contributed by atoms with Gasteiger partial charge in [0.25, 0.3) is 5.56 Å². The van der Waals surface area contributed by atoms with E-state index in [-0.39, 0.29) is 22.3 Å². The molecule has 0 radical (unpaired) electrons. The Morgan fingerprint density at radius 1 is 0.744 bits per heavy atom. The van der Waals surface area contributed by atoms with Gasteiger partial charge in [-0.2, -0.15) is 0 Å². The zero-order chi connectivity index (χ0) is 30.3. The number of H-pyrrole nitrogens is 1. The summed E-state index contributed by atoms with van der Waals surface area (Å²) in [6.07, 6.45) is -3.61. The van der Waals surface area contributed by atoms with Crippen LogP contribution in [0.25, 0.3) is 0 Å². The molecule has 43 heavy (non-hydrogen) atoms. The van der Waals surface area contributed by atoms with Crippen LogP contribution in [0.15, 0.2) is 107 Å². The number of hydrogen-bond donors (Lipinski definition) is 1. The van der Waals surface area contributed by atoms with Gasteiger partial charge < -0.3 is 18.9 Å². The molecule has 11 heteroatoms. The van der Waals surface area contributed by atoms with Crippen LogP contribution in [0.1, 0.15) is 49.8 Å². The van der Waals surface area contributed by atoms with Crippen molar-refractivity contribution >= 4 is 17.9 Å². The Balaban J connectivity index is 1.53. The lowest BCUT2D eigenvalue weighted by molar-refractivity contribution is -0.0641. The van der Waals surface area contributed by atoms with E-state index in [1.54, 1.807) is 97.9 Å². The number of rotatable bonds is 9. The Kier molecular flexibility index (Phi) is 8.92. The van der Waals surface area contributed by atoms with Crippen LogP contribution < -0.4 is 11.2 Å². The van der Waals surface area contributed by atoms with E-state index in [0.717, 1.165) is 4.57 Å². The van der Waals surface area contributed by atoms with E-state index in [9.17, 15) is 24.0 Å². The van der Waals surface area contributed by atoms with Gasteiger partial charge in [-0.3, -0.25) is 14.3 Å². The fraction of sp³-hybridized carbons (Fsp3) is 0.219. The summed E-state index contributed by atoms with van der Waals surface area (Å²) in [7, 11) is 0. The normalized spacial score (nSPS) is 19.4. The summed E-state index contributed by atoms with van der Waals surface area (Å²) in [6, 6.07) is 24.5.